The zero-order valence-corrected chi connectivity index (χ0v) is 19.0. The van der Waals surface area contributed by atoms with E-state index in [1.807, 2.05) is 18.2 Å². The van der Waals surface area contributed by atoms with Gasteiger partial charge in [0.25, 0.3) is 5.91 Å². The Balaban J connectivity index is 1.43. The fourth-order valence-electron chi connectivity index (χ4n) is 2.79. The van der Waals surface area contributed by atoms with Gasteiger partial charge in [-0.2, -0.15) is 0 Å². The van der Waals surface area contributed by atoms with Gasteiger partial charge in [-0.3, -0.25) is 9.78 Å². The number of hydrogen-bond donors (Lipinski definition) is 3. The third kappa shape index (κ3) is 5.69. The Hall–Kier alpha value is -3.41. The van der Waals surface area contributed by atoms with Crippen LogP contribution in [0.5, 0.6) is 0 Å². The Kier molecular flexibility index (Phi) is 6.92. The van der Waals surface area contributed by atoms with Crippen molar-refractivity contribution in [3.63, 3.8) is 0 Å². The molecule has 168 valence electrons. The van der Waals surface area contributed by atoms with Gasteiger partial charge in [0.15, 0.2) is 16.6 Å². The normalized spacial score (nSPS) is 12.7. The molecule has 11 heteroatoms. The van der Waals surface area contributed by atoms with Crippen LogP contribution in [0.2, 0.25) is 0 Å². The highest BCUT2D eigenvalue weighted by Crippen LogP contribution is 2.36. The molecule has 4 aromatic rings. The number of hydrogen-bond acceptors (Lipinski definition) is 9. The zero-order valence-electron chi connectivity index (χ0n) is 17.4. The summed E-state index contributed by atoms with van der Waals surface area (Å²) in [6, 6.07) is 12.1. The molecule has 0 fully saturated rings. The number of aromatic nitrogens is 4. The Morgan fingerprint density at radius 2 is 1.88 bits per heavy atom. The molecule has 0 radical (unpaired) electrons. The molecule has 0 aliphatic heterocycles. The van der Waals surface area contributed by atoms with Crippen molar-refractivity contribution in [1.82, 2.24) is 25.3 Å². The third-order valence-corrected chi connectivity index (χ3v) is 6.52. The molecule has 4 heterocycles. The SMILES string of the molecule is CC(O)(CNC(=O)c1nccc(Sc2cnc(Nc3ccccn3)s2)c1F)c1ccccn1. The van der Waals surface area contributed by atoms with Crippen LogP contribution in [0.15, 0.2) is 76.4 Å². The molecule has 0 aliphatic carbocycles. The van der Waals surface area contributed by atoms with Gasteiger partial charge in [-0.05, 0) is 37.3 Å². The number of nitrogens with zero attached hydrogens (tertiary/aromatic N) is 4. The van der Waals surface area contributed by atoms with Crippen molar-refractivity contribution < 1.29 is 14.3 Å². The number of pyridine rings is 3. The van der Waals surface area contributed by atoms with Gasteiger partial charge in [-0.15, -0.1) is 0 Å². The smallest absolute Gasteiger partial charge is 0.273 e. The predicted molar refractivity (Wildman–Crippen MR) is 124 cm³/mol. The van der Waals surface area contributed by atoms with Crippen LogP contribution in [-0.2, 0) is 5.60 Å². The van der Waals surface area contributed by atoms with Crippen LogP contribution in [0.25, 0.3) is 0 Å². The molecule has 0 bridgehead atoms. The number of anilines is 2. The monoisotopic (exact) mass is 482 g/mol. The van der Waals surface area contributed by atoms with Crippen molar-refractivity contribution in [2.75, 3.05) is 11.9 Å². The van der Waals surface area contributed by atoms with Crippen molar-refractivity contribution in [3.8, 4) is 0 Å². The minimum absolute atomic E-state index is 0.154. The number of aliphatic hydroxyl groups is 1. The average molecular weight is 483 g/mol. The second-order valence-corrected chi connectivity index (χ2v) is 9.44. The van der Waals surface area contributed by atoms with Gasteiger partial charge in [0.1, 0.15) is 11.4 Å². The summed E-state index contributed by atoms with van der Waals surface area (Å²) in [6.07, 6.45) is 6.19. The van der Waals surface area contributed by atoms with E-state index in [2.05, 4.69) is 30.6 Å². The van der Waals surface area contributed by atoms with Crippen LogP contribution in [0.4, 0.5) is 15.3 Å². The maximum Gasteiger partial charge on any atom is 0.273 e. The minimum atomic E-state index is -1.42. The first kappa shape index (κ1) is 22.8. The molecule has 0 saturated carbocycles. The summed E-state index contributed by atoms with van der Waals surface area (Å²) in [5, 5.41) is 16.8. The number of carbonyl (C=O) groups excluding carboxylic acids is 1. The van der Waals surface area contributed by atoms with E-state index in [1.54, 1.807) is 36.8 Å². The number of rotatable bonds is 8. The van der Waals surface area contributed by atoms with Gasteiger partial charge < -0.3 is 15.7 Å². The third-order valence-electron chi connectivity index (χ3n) is 4.47. The van der Waals surface area contributed by atoms with E-state index in [9.17, 15) is 9.90 Å². The Morgan fingerprint density at radius 3 is 2.61 bits per heavy atom. The molecule has 33 heavy (non-hydrogen) atoms. The predicted octanol–water partition coefficient (Wildman–Crippen LogP) is 4.00. The van der Waals surface area contributed by atoms with Crippen molar-refractivity contribution >= 4 is 40.0 Å². The number of amides is 1. The summed E-state index contributed by atoms with van der Waals surface area (Å²) in [5.74, 6) is -0.822. The van der Waals surface area contributed by atoms with Gasteiger partial charge in [0, 0.05) is 18.6 Å². The fraction of sp³-hybridized carbons (Fsp3) is 0.136. The van der Waals surface area contributed by atoms with E-state index in [4.69, 9.17) is 0 Å². The first-order chi connectivity index (χ1) is 15.9. The zero-order chi connectivity index (χ0) is 23.3. The van der Waals surface area contributed by atoms with Crippen molar-refractivity contribution in [3.05, 3.63) is 84.5 Å². The highest BCUT2D eigenvalue weighted by atomic mass is 32.2. The molecule has 1 atom stereocenters. The van der Waals surface area contributed by atoms with Crippen LogP contribution in [0.3, 0.4) is 0 Å². The standard InChI is InChI=1S/C22H19FN6O2S2/c1-22(31,15-6-2-4-9-24-15)13-28-20(30)19-18(23)14(8-11-26-19)32-17-12-27-21(33-17)29-16-7-3-5-10-25-16/h2-12,31H,13H2,1H3,(H,28,30)(H,25,27,29). The molecule has 0 spiro atoms. The van der Waals surface area contributed by atoms with Crippen molar-refractivity contribution in [1.29, 1.82) is 0 Å². The minimum Gasteiger partial charge on any atom is -0.382 e. The topological polar surface area (TPSA) is 113 Å². The van der Waals surface area contributed by atoms with Crippen molar-refractivity contribution in [2.24, 2.45) is 0 Å². The molecular weight excluding hydrogens is 463 g/mol. The first-order valence-corrected chi connectivity index (χ1v) is 11.4. The van der Waals surface area contributed by atoms with Crippen LogP contribution in [0.1, 0.15) is 23.1 Å². The highest BCUT2D eigenvalue weighted by molar-refractivity contribution is 8.01. The number of carbonyl (C=O) groups is 1. The van der Waals surface area contributed by atoms with Crippen LogP contribution >= 0.6 is 23.1 Å². The van der Waals surface area contributed by atoms with E-state index in [0.29, 0.717) is 16.6 Å². The molecule has 3 N–H and O–H groups in total. The summed E-state index contributed by atoms with van der Waals surface area (Å²) < 4.78 is 15.8. The Labute approximate surface area is 197 Å². The summed E-state index contributed by atoms with van der Waals surface area (Å²) in [4.78, 5) is 29.3. The summed E-state index contributed by atoms with van der Waals surface area (Å²) >= 11 is 2.47. The number of nitrogens with one attached hydrogen (secondary N) is 2. The van der Waals surface area contributed by atoms with Gasteiger partial charge in [0.05, 0.1) is 27.5 Å². The van der Waals surface area contributed by atoms with Gasteiger partial charge in [-0.1, -0.05) is 35.2 Å². The lowest BCUT2D eigenvalue weighted by atomic mass is 10.0. The summed E-state index contributed by atoms with van der Waals surface area (Å²) in [6.45, 7) is 1.37. The largest absolute Gasteiger partial charge is 0.382 e. The average Bonchev–Trinajstić information content (AvgIpc) is 3.27. The maximum atomic E-state index is 15.0. The Bertz CT molecular complexity index is 1240. The lowest BCUT2D eigenvalue weighted by molar-refractivity contribution is 0.0487. The number of thiazole rings is 1. The van der Waals surface area contributed by atoms with Crippen LogP contribution < -0.4 is 10.6 Å². The molecular formula is C22H19FN6O2S2. The van der Waals surface area contributed by atoms with E-state index in [0.717, 1.165) is 16.0 Å². The maximum absolute atomic E-state index is 15.0. The lowest BCUT2D eigenvalue weighted by Crippen LogP contribution is -2.39. The molecule has 8 nitrogen and oxygen atoms in total. The lowest BCUT2D eigenvalue weighted by Gasteiger charge is -2.22. The van der Waals surface area contributed by atoms with E-state index < -0.39 is 17.3 Å². The quantitative estimate of drug-likeness (QED) is 0.345. The molecule has 4 rings (SSSR count). The molecule has 4 aromatic heterocycles. The van der Waals surface area contributed by atoms with E-state index in [-0.39, 0.29) is 17.1 Å². The summed E-state index contributed by atoms with van der Waals surface area (Å²) in [5.41, 5.74) is -1.38. The number of halogens is 1. The van der Waals surface area contributed by atoms with Gasteiger partial charge in [-0.25, -0.2) is 19.3 Å². The van der Waals surface area contributed by atoms with Crippen LogP contribution in [0, 0.1) is 5.82 Å². The Morgan fingerprint density at radius 1 is 1.09 bits per heavy atom. The van der Waals surface area contributed by atoms with E-state index in [1.165, 1.54) is 30.5 Å². The molecule has 0 aromatic carbocycles. The van der Waals surface area contributed by atoms with Gasteiger partial charge >= 0.3 is 0 Å². The summed E-state index contributed by atoms with van der Waals surface area (Å²) in [7, 11) is 0. The molecule has 1 amide bonds. The second kappa shape index (κ2) is 10.0. The molecule has 0 aliphatic rings. The van der Waals surface area contributed by atoms with Crippen LogP contribution in [-0.4, -0.2) is 37.5 Å². The molecule has 1 unspecified atom stereocenters. The first-order valence-electron chi connectivity index (χ1n) is 9.81. The highest BCUT2D eigenvalue weighted by Gasteiger charge is 2.27. The fourth-order valence-corrected chi connectivity index (χ4v) is 4.66. The second-order valence-electron chi connectivity index (χ2n) is 7.07. The van der Waals surface area contributed by atoms with E-state index >= 15 is 4.39 Å². The van der Waals surface area contributed by atoms with Gasteiger partial charge in [0.2, 0.25) is 0 Å². The van der Waals surface area contributed by atoms with Crippen molar-refractivity contribution in [2.45, 2.75) is 21.6 Å². The molecule has 0 saturated heterocycles.